The Balaban J connectivity index is 2.68. The summed E-state index contributed by atoms with van der Waals surface area (Å²) in [5.74, 6) is -0.508. The highest BCUT2D eigenvalue weighted by atomic mass is 16.7. The second-order valence-corrected chi connectivity index (χ2v) is 2.71. The number of aldehydes is 1. The van der Waals surface area contributed by atoms with E-state index in [0.29, 0.717) is 11.8 Å². The highest BCUT2D eigenvalue weighted by Gasteiger charge is 2.09. The zero-order chi connectivity index (χ0) is 11.1. The predicted molar refractivity (Wildman–Crippen MR) is 52.3 cm³/mol. The maximum Gasteiger partial charge on any atom is 0.275 e. The number of amides is 1. The molecule has 0 aliphatic heterocycles. The molecular formula is C10H11NO4. The average molecular weight is 209 g/mol. The van der Waals surface area contributed by atoms with Crippen LogP contribution in [0.3, 0.4) is 0 Å². The van der Waals surface area contributed by atoms with Crippen molar-refractivity contribution >= 4 is 12.2 Å². The fraction of sp³-hybridized carbons (Fsp3) is 0.200. The Hall–Kier alpha value is -1.72. The van der Waals surface area contributed by atoms with Crippen molar-refractivity contribution < 1.29 is 19.5 Å². The van der Waals surface area contributed by atoms with E-state index in [0.717, 1.165) is 0 Å². The first-order valence-electron chi connectivity index (χ1n) is 4.36. The molecule has 1 amide bonds. The fourth-order valence-corrected chi connectivity index (χ4v) is 1.02. The van der Waals surface area contributed by atoms with Crippen LogP contribution in [0.25, 0.3) is 0 Å². The molecule has 0 aliphatic rings. The molecule has 15 heavy (non-hydrogen) atoms. The molecule has 0 aliphatic carbocycles. The Morgan fingerprint density at radius 3 is 2.87 bits per heavy atom. The van der Waals surface area contributed by atoms with Crippen LogP contribution in [-0.2, 0) is 4.84 Å². The first kappa shape index (κ1) is 11.4. The molecule has 0 spiro atoms. The lowest BCUT2D eigenvalue weighted by Gasteiger charge is -2.05. The zero-order valence-electron chi connectivity index (χ0n) is 7.97. The van der Waals surface area contributed by atoms with Crippen LogP contribution < -0.4 is 5.48 Å². The van der Waals surface area contributed by atoms with Crippen LogP contribution in [0.4, 0.5) is 0 Å². The number of carbonyl (C=O) groups excluding carboxylic acids is 2. The van der Waals surface area contributed by atoms with Gasteiger partial charge in [0, 0.05) is 5.56 Å². The number of rotatable bonds is 5. The van der Waals surface area contributed by atoms with Gasteiger partial charge in [-0.2, -0.15) is 0 Å². The van der Waals surface area contributed by atoms with Gasteiger partial charge in [0.05, 0.1) is 18.8 Å². The van der Waals surface area contributed by atoms with Crippen molar-refractivity contribution in [2.45, 2.75) is 0 Å². The highest BCUT2D eigenvalue weighted by molar-refractivity contribution is 6.00. The monoisotopic (exact) mass is 209 g/mol. The SMILES string of the molecule is O=Cc1ccccc1C(=O)NOCCO. The van der Waals surface area contributed by atoms with Gasteiger partial charge in [-0.25, -0.2) is 5.48 Å². The number of benzene rings is 1. The molecule has 5 nitrogen and oxygen atoms in total. The summed E-state index contributed by atoms with van der Waals surface area (Å²) in [6, 6.07) is 6.36. The summed E-state index contributed by atoms with van der Waals surface area (Å²) >= 11 is 0. The number of carbonyl (C=O) groups is 2. The van der Waals surface area contributed by atoms with E-state index in [1.165, 1.54) is 12.1 Å². The maximum atomic E-state index is 11.4. The summed E-state index contributed by atoms with van der Waals surface area (Å²) in [6.07, 6.45) is 0.598. The molecule has 80 valence electrons. The Bertz CT molecular complexity index is 351. The van der Waals surface area contributed by atoms with Crippen molar-refractivity contribution in [1.82, 2.24) is 5.48 Å². The van der Waals surface area contributed by atoms with Crippen LogP contribution in [0.5, 0.6) is 0 Å². The minimum atomic E-state index is -0.508. The summed E-state index contributed by atoms with van der Waals surface area (Å²) in [6.45, 7) is -0.176. The van der Waals surface area contributed by atoms with Gasteiger partial charge >= 0.3 is 0 Å². The van der Waals surface area contributed by atoms with Gasteiger partial charge in [-0.15, -0.1) is 0 Å². The molecule has 0 fully saturated rings. The lowest BCUT2D eigenvalue weighted by atomic mass is 10.1. The van der Waals surface area contributed by atoms with Crippen LogP contribution in [0.2, 0.25) is 0 Å². The topological polar surface area (TPSA) is 75.6 Å². The molecule has 0 unspecified atom stereocenters. The van der Waals surface area contributed by atoms with Crippen molar-refractivity contribution in [3.05, 3.63) is 35.4 Å². The number of hydrogen-bond acceptors (Lipinski definition) is 4. The predicted octanol–water partition coefficient (Wildman–Crippen LogP) is 0.153. The number of nitrogens with one attached hydrogen (secondary N) is 1. The molecule has 0 radical (unpaired) electrons. The van der Waals surface area contributed by atoms with E-state index in [-0.39, 0.29) is 18.8 Å². The second-order valence-electron chi connectivity index (χ2n) is 2.71. The van der Waals surface area contributed by atoms with E-state index in [1.807, 2.05) is 0 Å². The van der Waals surface area contributed by atoms with E-state index < -0.39 is 5.91 Å². The molecule has 1 aromatic carbocycles. The van der Waals surface area contributed by atoms with Crippen molar-refractivity contribution in [2.75, 3.05) is 13.2 Å². The van der Waals surface area contributed by atoms with Crippen molar-refractivity contribution in [2.24, 2.45) is 0 Å². The molecule has 0 saturated carbocycles. The molecule has 5 heteroatoms. The van der Waals surface area contributed by atoms with Crippen LogP contribution in [0.15, 0.2) is 24.3 Å². The maximum absolute atomic E-state index is 11.4. The van der Waals surface area contributed by atoms with Gasteiger partial charge in [0.2, 0.25) is 0 Å². The molecule has 0 atom stereocenters. The Labute approximate surface area is 86.6 Å². The average Bonchev–Trinajstić information content (AvgIpc) is 2.29. The first-order chi connectivity index (χ1) is 7.29. The molecular weight excluding hydrogens is 198 g/mol. The number of aliphatic hydroxyl groups excluding tert-OH is 1. The third-order valence-electron chi connectivity index (χ3n) is 1.69. The summed E-state index contributed by atoms with van der Waals surface area (Å²) in [7, 11) is 0. The van der Waals surface area contributed by atoms with Gasteiger partial charge in [-0.1, -0.05) is 18.2 Å². The highest BCUT2D eigenvalue weighted by Crippen LogP contribution is 2.05. The summed E-state index contributed by atoms with van der Waals surface area (Å²) in [4.78, 5) is 26.7. The number of aliphatic hydroxyl groups is 1. The standard InChI is InChI=1S/C10H11NO4/c12-5-6-15-11-10(14)9-4-2-1-3-8(9)7-13/h1-4,7,12H,5-6H2,(H,11,14). The third kappa shape index (κ3) is 3.16. The molecule has 0 heterocycles. The molecule has 0 aromatic heterocycles. The molecule has 0 saturated heterocycles. The summed E-state index contributed by atoms with van der Waals surface area (Å²) < 4.78 is 0. The van der Waals surface area contributed by atoms with E-state index in [2.05, 4.69) is 10.3 Å². The molecule has 1 aromatic rings. The lowest BCUT2D eigenvalue weighted by molar-refractivity contribution is 0.0167. The number of hydroxylamine groups is 1. The normalized spacial score (nSPS) is 9.67. The quantitative estimate of drug-likeness (QED) is 0.411. The van der Waals surface area contributed by atoms with E-state index in [1.54, 1.807) is 12.1 Å². The van der Waals surface area contributed by atoms with Gasteiger partial charge in [0.25, 0.3) is 5.91 Å². The van der Waals surface area contributed by atoms with Crippen molar-refractivity contribution in [1.29, 1.82) is 0 Å². The Morgan fingerprint density at radius 1 is 1.47 bits per heavy atom. The Morgan fingerprint density at radius 2 is 2.20 bits per heavy atom. The van der Waals surface area contributed by atoms with E-state index in [4.69, 9.17) is 5.11 Å². The van der Waals surface area contributed by atoms with Crippen LogP contribution >= 0.6 is 0 Å². The number of hydrogen-bond donors (Lipinski definition) is 2. The van der Waals surface area contributed by atoms with Gasteiger partial charge in [-0.05, 0) is 6.07 Å². The van der Waals surface area contributed by atoms with Crippen LogP contribution in [-0.4, -0.2) is 30.5 Å². The first-order valence-corrected chi connectivity index (χ1v) is 4.36. The van der Waals surface area contributed by atoms with Gasteiger partial charge in [0.1, 0.15) is 0 Å². The minimum absolute atomic E-state index is 0.00892. The van der Waals surface area contributed by atoms with Crippen molar-refractivity contribution in [3.8, 4) is 0 Å². The summed E-state index contributed by atoms with van der Waals surface area (Å²) in [5.41, 5.74) is 2.65. The van der Waals surface area contributed by atoms with Gasteiger partial charge in [0.15, 0.2) is 6.29 Å². The summed E-state index contributed by atoms with van der Waals surface area (Å²) in [5, 5.41) is 8.42. The third-order valence-corrected chi connectivity index (χ3v) is 1.69. The molecule has 1 rings (SSSR count). The largest absolute Gasteiger partial charge is 0.394 e. The van der Waals surface area contributed by atoms with Crippen LogP contribution in [0.1, 0.15) is 20.7 Å². The fourth-order valence-electron chi connectivity index (χ4n) is 1.02. The molecule has 2 N–H and O–H groups in total. The smallest absolute Gasteiger partial charge is 0.275 e. The van der Waals surface area contributed by atoms with E-state index in [9.17, 15) is 9.59 Å². The minimum Gasteiger partial charge on any atom is -0.394 e. The van der Waals surface area contributed by atoms with Gasteiger partial charge in [-0.3, -0.25) is 14.4 Å². The van der Waals surface area contributed by atoms with Gasteiger partial charge < -0.3 is 5.11 Å². The second kappa shape index (κ2) is 5.90. The zero-order valence-corrected chi connectivity index (χ0v) is 7.97. The Kier molecular flexibility index (Phi) is 4.46. The molecule has 0 bridgehead atoms. The van der Waals surface area contributed by atoms with E-state index >= 15 is 0 Å². The lowest BCUT2D eigenvalue weighted by Crippen LogP contribution is -2.26. The van der Waals surface area contributed by atoms with Crippen molar-refractivity contribution in [3.63, 3.8) is 0 Å². The van der Waals surface area contributed by atoms with Crippen LogP contribution in [0, 0.1) is 0 Å².